The summed E-state index contributed by atoms with van der Waals surface area (Å²) in [5.41, 5.74) is 0.521. The van der Waals surface area contributed by atoms with Crippen molar-refractivity contribution in [3.8, 4) is 11.5 Å². The Morgan fingerprint density at radius 2 is 2.11 bits per heavy atom. The van der Waals surface area contributed by atoms with Gasteiger partial charge in [-0.05, 0) is 18.2 Å². The van der Waals surface area contributed by atoms with Crippen LogP contribution in [0.5, 0.6) is 11.5 Å². The van der Waals surface area contributed by atoms with E-state index in [4.69, 9.17) is 4.74 Å². The minimum atomic E-state index is -0.696. The van der Waals surface area contributed by atoms with E-state index in [2.05, 4.69) is 10.2 Å². The molecule has 3 N–H and O–H groups in total. The molecule has 100 valence electrons. The van der Waals surface area contributed by atoms with Gasteiger partial charge in [0.15, 0.2) is 0 Å². The molecule has 0 aromatic heterocycles. The largest absolute Gasteiger partial charge is 0.508 e. The number of aliphatic hydroxyl groups is 1. The molecule has 5 nitrogen and oxygen atoms in total. The van der Waals surface area contributed by atoms with Gasteiger partial charge in [-0.2, -0.15) is 0 Å². The number of phenols is 1. The van der Waals surface area contributed by atoms with E-state index in [0.29, 0.717) is 17.9 Å². The Morgan fingerprint density at radius 3 is 2.78 bits per heavy atom. The SMILES string of the molecule is COc1ccc(O)c(C(O)CN2CCNCC2)c1. The molecule has 1 aromatic rings. The second-order valence-corrected chi connectivity index (χ2v) is 4.49. The van der Waals surface area contributed by atoms with Gasteiger partial charge in [-0.25, -0.2) is 0 Å². The van der Waals surface area contributed by atoms with Crippen molar-refractivity contribution in [3.05, 3.63) is 23.8 Å². The van der Waals surface area contributed by atoms with Gasteiger partial charge in [-0.1, -0.05) is 0 Å². The van der Waals surface area contributed by atoms with Crippen molar-refractivity contribution >= 4 is 0 Å². The summed E-state index contributed by atoms with van der Waals surface area (Å²) in [4.78, 5) is 2.18. The van der Waals surface area contributed by atoms with Crippen molar-refractivity contribution in [2.24, 2.45) is 0 Å². The summed E-state index contributed by atoms with van der Waals surface area (Å²) in [5.74, 6) is 0.751. The predicted molar refractivity (Wildman–Crippen MR) is 68.9 cm³/mol. The van der Waals surface area contributed by atoms with Gasteiger partial charge in [0, 0.05) is 38.3 Å². The number of benzene rings is 1. The summed E-state index contributed by atoms with van der Waals surface area (Å²) >= 11 is 0. The maximum absolute atomic E-state index is 10.2. The van der Waals surface area contributed by atoms with E-state index < -0.39 is 6.10 Å². The van der Waals surface area contributed by atoms with Crippen molar-refractivity contribution in [2.75, 3.05) is 39.8 Å². The van der Waals surface area contributed by atoms with Crippen LogP contribution in [0.1, 0.15) is 11.7 Å². The molecule has 18 heavy (non-hydrogen) atoms. The van der Waals surface area contributed by atoms with Crippen LogP contribution in [0.2, 0.25) is 0 Å². The number of β-amino-alcohol motifs (C(OH)–C–C–N with tert-alkyl or cyclic N) is 1. The van der Waals surface area contributed by atoms with Gasteiger partial charge in [-0.15, -0.1) is 0 Å². The Hall–Kier alpha value is -1.30. The van der Waals surface area contributed by atoms with Gasteiger partial charge in [0.1, 0.15) is 11.5 Å². The van der Waals surface area contributed by atoms with Gasteiger partial charge < -0.3 is 20.3 Å². The third kappa shape index (κ3) is 3.13. The van der Waals surface area contributed by atoms with Crippen LogP contribution in [0.25, 0.3) is 0 Å². The van der Waals surface area contributed by atoms with Crippen molar-refractivity contribution in [3.63, 3.8) is 0 Å². The first-order valence-corrected chi connectivity index (χ1v) is 6.18. The molecule has 2 rings (SSSR count). The average Bonchev–Trinajstić information content (AvgIpc) is 2.40. The molecule has 0 radical (unpaired) electrons. The minimum absolute atomic E-state index is 0.110. The smallest absolute Gasteiger partial charge is 0.121 e. The fourth-order valence-corrected chi connectivity index (χ4v) is 2.16. The molecule has 0 amide bonds. The number of nitrogens with one attached hydrogen (secondary N) is 1. The van der Waals surface area contributed by atoms with Crippen molar-refractivity contribution in [1.82, 2.24) is 10.2 Å². The normalized spacial score (nSPS) is 18.6. The van der Waals surface area contributed by atoms with E-state index in [-0.39, 0.29) is 5.75 Å². The summed E-state index contributed by atoms with van der Waals surface area (Å²) in [6, 6.07) is 4.91. The number of ether oxygens (including phenoxy) is 1. The van der Waals surface area contributed by atoms with Crippen molar-refractivity contribution in [1.29, 1.82) is 0 Å². The zero-order chi connectivity index (χ0) is 13.0. The molecule has 1 aliphatic heterocycles. The summed E-state index contributed by atoms with van der Waals surface area (Å²) in [5, 5.41) is 23.2. The number of piperazine rings is 1. The number of aliphatic hydroxyl groups excluding tert-OH is 1. The monoisotopic (exact) mass is 252 g/mol. The van der Waals surface area contributed by atoms with Crippen LogP contribution in [0.3, 0.4) is 0 Å². The molecule has 0 aliphatic carbocycles. The van der Waals surface area contributed by atoms with Crippen LogP contribution in [0, 0.1) is 0 Å². The zero-order valence-electron chi connectivity index (χ0n) is 10.6. The maximum atomic E-state index is 10.2. The maximum Gasteiger partial charge on any atom is 0.121 e. The highest BCUT2D eigenvalue weighted by Crippen LogP contribution is 2.28. The number of methoxy groups -OCH3 is 1. The van der Waals surface area contributed by atoms with E-state index >= 15 is 0 Å². The Balaban J connectivity index is 2.04. The molecule has 1 saturated heterocycles. The third-order valence-corrected chi connectivity index (χ3v) is 3.23. The Morgan fingerprint density at radius 1 is 1.39 bits per heavy atom. The topological polar surface area (TPSA) is 65.0 Å². The molecule has 1 aromatic carbocycles. The Kier molecular flexibility index (Phi) is 4.41. The minimum Gasteiger partial charge on any atom is -0.508 e. The molecule has 1 atom stereocenters. The number of hydrogen-bond acceptors (Lipinski definition) is 5. The van der Waals surface area contributed by atoms with Gasteiger partial charge in [0.05, 0.1) is 13.2 Å². The fraction of sp³-hybridized carbons (Fsp3) is 0.538. The van der Waals surface area contributed by atoms with Crippen molar-refractivity contribution in [2.45, 2.75) is 6.10 Å². The zero-order valence-corrected chi connectivity index (χ0v) is 10.6. The second-order valence-electron chi connectivity index (χ2n) is 4.49. The quantitative estimate of drug-likeness (QED) is 0.721. The molecule has 0 bridgehead atoms. The number of aromatic hydroxyl groups is 1. The Bertz CT molecular complexity index is 392. The van der Waals surface area contributed by atoms with Crippen LogP contribution in [0.15, 0.2) is 18.2 Å². The van der Waals surface area contributed by atoms with Crippen LogP contribution < -0.4 is 10.1 Å². The highest BCUT2D eigenvalue weighted by molar-refractivity contribution is 5.40. The predicted octanol–water partition coefficient (Wildman–Crippen LogP) is 0.339. The molecule has 1 aliphatic rings. The van der Waals surface area contributed by atoms with Gasteiger partial charge in [-0.3, -0.25) is 4.90 Å². The van der Waals surface area contributed by atoms with Crippen LogP contribution in [-0.4, -0.2) is 54.9 Å². The third-order valence-electron chi connectivity index (χ3n) is 3.23. The summed E-state index contributed by atoms with van der Waals surface area (Å²) < 4.78 is 5.10. The van der Waals surface area contributed by atoms with Crippen LogP contribution in [-0.2, 0) is 0 Å². The number of nitrogens with zero attached hydrogens (tertiary/aromatic N) is 1. The lowest BCUT2D eigenvalue weighted by Gasteiger charge is -2.29. The fourth-order valence-electron chi connectivity index (χ4n) is 2.16. The number of phenolic OH excluding ortho intramolecular Hbond substituents is 1. The first kappa shape index (κ1) is 13.1. The summed E-state index contributed by atoms with van der Waals surface area (Å²) in [7, 11) is 1.57. The highest BCUT2D eigenvalue weighted by Gasteiger charge is 2.18. The van der Waals surface area contributed by atoms with E-state index in [1.54, 1.807) is 25.3 Å². The second kappa shape index (κ2) is 6.04. The van der Waals surface area contributed by atoms with E-state index in [1.165, 1.54) is 0 Å². The average molecular weight is 252 g/mol. The van der Waals surface area contributed by atoms with E-state index in [1.807, 2.05) is 0 Å². The lowest BCUT2D eigenvalue weighted by atomic mass is 10.1. The molecule has 1 heterocycles. The Labute approximate surface area is 107 Å². The molecular weight excluding hydrogens is 232 g/mol. The van der Waals surface area contributed by atoms with Gasteiger partial charge >= 0.3 is 0 Å². The van der Waals surface area contributed by atoms with Gasteiger partial charge in [0.25, 0.3) is 0 Å². The summed E-state index contributed by atoms with van der Waals surface area (Å²) in [6.07, 6.45) is -0.696. The van der Waals surface area contributed by atoms with E-state index in [0.717, 1.165) is 26.2 Å². The molecule has 1 unspecified atom stereocenters. The highest BCUT2D eigenvalue weighted by atomic mass is 16.5. The lowest BCUT2D eigenvalue weighted by Crippen LogP contribution is -2.44. The molecule has 0 spiro atoms. The molecule has 1 fully saturated rings. The van der Waals surface area contributed by atoms with Crippen molar-refractivity contribution < 1.29 is 14.9 Å². The number of hydrogen-bond donors (Lipinski definition) is 3. The van der Waals surface area contributed by atoms with Gasteiger partial charge in [0.2, 0.25) is 0 Å². The lowest BCUT2D eigenvalue weighted by molar-refractivity contribution is 0.103. The first-order valence-electron chi connectivity index (χ1n) is 6.18. The van der Waals surface area contributed by atoms with Crippen LogP contribution >= 0.6 is 0 Å². The van der Waals surface area contributed by atoms with Crippen LogP contribution in [0.4, 0.5) is 0 Å². The standard InChI is InChI=1S/C13H20N2O3/c1-18-10-2-3-12(16)11(8-10)13(17)9-15-6-4-14-5-7-15/h2-3,8,13-14,16-17H,4-7,9H2,1H3. The first-order chi connectivity index (χ1) is 8.70. The summed E-state index contributed by atoms with van der Waals surface area (Å²) in [6.45, 7) is 4.25. The number of rotatable bonds is 4. The van der Waals surface area contributed by atoms with E-state index in [9.17, 15) is 10.2 Å². The molecule has 5 heteroatoms. The molecular formula is C13H20N2O3. The molecule has 0 saturated carbocycles.